The van der Waals surface area contributed by atoms with E-state index >= 15 is 0 Å². The largest absolute Gasteiger partial charge is 0.507 e. The molecule has 3 N–H and O–H groups in total. The Morgan fingerprint density at radius 1 is 1.38 bits per heavy atom. The summed E-state index contributed by atoms with van der Waals surface area (Å²) in [6.45, 7) is 0. The Labute approximate surface area is 74.9 Å². The fourth-order valence-corrected chi connectivity index (χ4v) is 1.46. The third-order valence-electron chi connectivity index (χ3n) is 1.43. The maximum Gasteiger partial charge on any atom is 0.241 e. The van der Waals surface area contributed by atoms with Crippen molar-refractivity contribution in [2.45, 2.75) is 4.90 Å². The molecule has 0 spiro atoms. The summed E-state index contributed by atoms with van der Waals surface area (Å²) in [5.41, 5.74) is 0.185. The fraction of sp³-hybridized carbons (Fsp3) is 0. The second kappa shape index (κ2) is 3.15. The van der Waals surface area contributed by atoms with Crippen molar-refractivity contribution in [1.29, 1.82) is 0 Å². The summed E-state index contributed by atoms with van der Waals surface area (Å²) < 4.78 is 21.6. The van der Waals surface area contributed by atoms with Crippen molar-refractivity contribution in [2.75, 3.05) is 0 Å². The van der Waals surface area contributed by atoms with Gasteiger partial charge in [-0.2, -0.15) is 0 Å². The summed E-state index contributed by atoms with van der Waals surface area (Å²) in [5.74, 6) is -0.521. The maximum atomic E-state index is 10.8. The van der Waals surface area contributed by atoms with Crippen molar-refractivity contribution in [3.8, 4) is 5.75 Å². The number of nitrogens with two attached hydrogens (primary N) is 1. The van der Waals surface area contributed by atoms with Crippen LogP contribution in [0.15, 0.2) is 23.1 Å². The molecule has 5 nitrogen and oxygen atoms in total. The molecule has 0 saturated carbocycles. The highest BCUT2D eigenvalue weighted by Gasteiger charge is 2.13. The van der Waals surface area contributed by atoms with Crippen LogP contribution in [0.2, 0.25) is 0 Å². The predicted octanol–water partition coefficient (Wildman–Crippen LogP) is -0.148. The van der Waals surface area contributed by atoms with Crippen LogP contribution in [0.3, 0.4) is 0 Å². The minimum absolute atomic E-state index is 0.185. The van der Waals surface area contributed by atoms with Crippen LogP contribution in [0.4, 0.5) is 0 Å². The number of carbonyl (C=O) groups excluding carboxylic acids is 1. The first-order valence-electron chi connectivity index (χ1n) is 3.26. The van der Waals surface area contributed by atoms with Crippen LogP contribution in [-0.4, -0.2) is 19.8 Å². The molecule has 0 amide bonds. The van der Waals surface area contributed by atoms with Crippen LogP contribution in [0.25, 0.3) is 0 Å². The number of rotatable bonds is 2. The molecule has 0 aliphatic carbocycles. The van der Waals surface area contributed by atoms with Gasteiger partial charge in [-0.05, 0) is 12.1 Å². The molecular weight excluding hydrogens is 194 g/mol. The Bertz CT molecular complexity index is 438. The van der Waals surface area contributed by atoms with Gasteiger partial charge in [-0.15, -0.1) is 0 Å². The second-order valence-electron chi connectivity index (χ2n) is 2.39. The number of phenolic OH excluding ortho intramolecular Hbond substituents is 1. The van der Waals surface area contributed by atoms with E-state index in [9.17, 15) is 13.2 Å². The van der Waals surface area contributed by atoms with Crippen molar-refractivity contribution < 1.29 is 18.3 Å². The number of aldehydes is 1. The highest BCUT2D eigenvalue weighted by atomic mass is 32.2. The van der Waals surface area contributed by atoms with Gasteiger partial charge in [-0.25, -0.2) is 13.6 Å². The molecule has 1 rings (SSSR count). The average molecular weight is 201 g/mol. The van der Waals surface area contributed by atoms with E-state index in [0.29, 0.717) is 6.29 Å². The first-order valence-corrected chi connectivity index (χ1v) is 4.81. The molecule has 0 aromatic heterocycles. The van der Waals surface area contributed by atoms with Gasteiger partial charge in [0.2, 0.25) is 10.0 Å². The Morgan fingerprint density at radius 2 is 2.00 bits per heavy atom. The van der Waals surface area contributed by atoms with Gasteiger partial charge in [-0.3, -0.25) is 4.79 Å². The molecule has 0 fully saturated rings. The summed E-state index contributed by atoms with van der Waals surface area (Å²) in [7, 11) is -3.92. The fourth-order valence-electron chi connectivity index (χ4n) is 0.848. The topological polar surface area (TPSA) is 97.5 Å². The lowest BCUT2D eigenvalue weighted by molar-refractivity contribution is 0.112. The van der Waals surface area contributed by atoms with Crippen molar-refractivity contribution in [2.24, 2.45) is 5.14 Å². The lowest BCUT2D eigenvalue weighted by Crippen LogP contribution is -2.12. The molecule has 0 heterocycles. The number of benzene rings is 1. The van der Waals surface area contributed by atoms with Gasteiger partial charge in [0, 0.05) is 5.56 Å². The van der Waals surface area contributed by atoms with Crippen molar-refractivity contribution in [3.05, 3.63) is 23.8 Å². The molecule has 0 saturated heterocycles. The Balaban J connectivity index is 3.37. The van der Waals surface area contributed by atoms with Crippen molar-refractivity contribution in [1.82, 2.24) is 0 Å². The minimum atomic E-state index is -3.92. The molecule has 0 radical (unpaired) electrons. The van der Waals surface area contributed by atoms with Crippen LogP contribution in [-0.2, 0) is 10.0 Å². The van der Waals surface area contributed by atoms with Crippen molar-refractivity contribution in [3.63, 3.8) is 0 Å². The first-order chi connectivity index (χ1) is 5.95. The molecule has 70 valence electrons. The zero-order valence-corrected chi connectivity index (χ0v) is 7.28. The molecule has 1 aromatic carbocycles. The minimum Gasteiger partial charge on any atom is -0.507 e. The molecule has 6 heteroatoms. The number of phenols is 1. The normalized spacial score (nSPS) is 11.2. The van der Waals surface area contributed by atoms with Crippen LogP contribution in [0, 0.1) is 0 Å². The van der Waals surface area contributed by atoms with Gasteiger partial charge in [-0.1, -0.05) is 6.07 Å². The zero-order chi connectivity index (χ0) is 10.1. The van der Waals surface area contributed by atoms with E-state index in [2.05, 4.69) is 0 Å². The highest BCUT2D eigenvalue weighted by Crippen LogP contribution is 2.21. The Morgan fingerprint density at radius 3 is 2.38 bits per heavy atom. The number of hydrogen-bond donors (Lipinski definition) is 2. The first kappa shape index (κ1) is 9.69. The van der Waals surface area contributed by atoms with E-state index in [0.717, 1.165) is 12.1 Å². The van der Waals surface area contributed by atoms with Gasteiger partial charge in [0.05, 0.1) is 0 Å². The lowest BCUT2D eigenvalue weighted by Gasteiger charge is -2.01. The Hall–Kier alpha value is -1.40. The molecular formula is C7H7NO4S. The van der Waals surface area contributed by atoms with Crippen LogP contribution < -0.4 is 5.14 Å². The van der Waals surface area contributed by atoms with Crippen LogP contribution >= 0.6 is 0 Å². The molecule has 0 bridgehead atoms. The van der Waals surface area contributed by atoms with E-state index in [1.807, 2.05) is 0 Å². The van der Waals surface area contributed by atoms with E-state index < -0.39 is 20.7 Å². The van der Waals surface area contributed by atoms with Gasteiger partial charge in [0.25, 0.3) is 0 Å². The van der Waals surface area contributed by atoms with Crippen molar-refractivity contribution >= 4 is 16.3 Å². The third-order valence-corrected chi connectivity index (χ3v) is 2.38. The van der Waals surface area contributed by atoms with E-state index in [-0.39, 0.29) is 5.56 Å². The van der Waals surface area contributed by atoms with Crippen LogP contribution in [0.1, 0.15) is 10.4 Å². The number of hydrogen-bond acceptors (Lipinski definition) is 4. The summed E-state index contributed by atoms with van der Waals surface area (Å²) in [4.78, 5) is 9.84. The van der Waals surface area contributed by atoms with Crippen LogP contribution in [0.5, 0.6) is 5.75 Å². The smallest absolute Gasteiger partial charge is 0.241 e. The van der Waals surface area contributed by atoms with E-state index in [4.69, 9.17) is 10.2 Å². The van der Waals surface area contributed by atoms with Gasteiger partial charge >= 0.3 is 0 Å². The maximum absolute atomic E-state index is 10.8. The number of carbonyl (C=O) groups is 1. The summed E-state index contributed by atoms with van der Waals surface area (Å²) in [6, 6.07) is 3.37. The molecule has 0 atom stereocenters. The summed E-state index contributed by atoms with van der Waals surface area (Å²) in [5, 5.41) is 13.9. The average Bonchev–Trinajstić information content (AvgIpc) is 2.01. The lowest BCUT2D eigenvalue weighted by atomic mass is 10.2. The molecule has 1 aromatic rings. The SMILES string of the molecule is NS(=O)(=O)c1ccc(C=O)cc1O. The quantitative estimate of drug-likeness (QED) is 0.650. The Kier molecular flexibility index (Phi) is 2.35. The zero-order valence-electron chi connectivity index (χ0n) is 6.47. The predicted molar refractivity (Wildman–Crippen MR) is 44.9 cm³/mol. The monoisotopic (exact) mass is 201 g/mol. The third kappa shape index (κ3) is 2.04. The van der Waals surface area contributed by atoms with Gasteiger partial charge < -0.3 is 5.11 Å². The number of primary sulfonamides is 1. The molecule has 13 heavy (non-hydrogen) atoms. The summed E-state index contributed by atoms with van der Waals surface area (Å²) in [6.07, 6.45) is 0.493. The van der Waals surface area contributed by atoms with Gasteiger partial charge in [0.1, 0.15) is 16.9 Å². The second-order valence-corrected chi connectivity index (χ2v) is 3.92. The molecule has 0 aliphatic heterocycles. The van der Waals surface area contributed by atoms with Gasteiger partial charge in [0.15, 0.2) is 0 Å². The van der Waals surface area contributed by atoms with E-state index in [1.54, 1.807) is 0 Å². The standard InChI is InChI=1S/C7H7NO4S/c8-13(11,12)7-2-1-5(4-9)3-6(7)10/h1-4,10H,(H2,8,11,12). The summed E-state index contributed by atoms with van der Waals surface area (Å²) >= 11 is 0. The number of sulfonamides is 1. The molecule has 0 aliphatic rings. The molecule has 0 unspecified atom stereocenters. The number of aromatic hydroxyl groups is 1. The highest BCUT2D eigenvalue weighted by molar-refractivity contribution is 7.89. The van der Waals surface area contributed by atoms with E-state index in [1.165, 1.54) is 6.07 Å².